The van der Waals surface area contributed by atoms with Crippen LogP contribution in [0, 0.1) is 6.92 Å². The number of anilines is 1. The number of ether oxygens (including phenoxy) is 1. The molecule has 29 heavy (non-hydrogen) atoms. The maximum Gasteiger partial charge on any atom is 0.387 e. The second-order valence-corrected chi connectivity index (χ2v) is 6.89. The van der Waals surface area contributed by atoms with Crippen LogP contribution in [0.5, 0.6) is 5.75 Å². The first-order valence-corrected chi connectivity index (χ1v) is 9.81. The molecule has 0 amide bonds. The number of para-hydroxylation sites is 2. The number of pyridine rings is 1. The summed E-state index contributed by atoms with van der Waals surface area (Å²) in [5, 5.41) is 6.70. The summed E-state index contributed by atoms with van der Waals surface area (Å²) in [5.41, 5.74) is 2.56. The minimum Gasteiger partial charge on any atom is -0.433 e. The highest BCUT2D eigenvalue weighted by molar-refractivity contribution is 5.80. The quantitative estimate of drug-likeness (QED) is 0.549. The number of nitrogens with zero attached hydrogens (tertiary/aromatic N) is 3. The van der Waals surface area contributed by atoms with E-state index < -0.39 is 6.61 Å². The van der Waals surface area contributed by atoms with E-state index in [9.17, 15) is 8.78 Å². The van der Waals surface area contributed by atoms with E-state index >= 15 is 0 Å². The average molecular weight is 403 g/mol. The Morgan fingerprint density at radius 3 is 2.86 bits per heavy atom. The van der Waals surface area contributed by atoms with Crippen LogP contribution >= 0.6 is 0 Å². The zero-order valence-corrected chi connectivity index (χ0v) is 16.7. The molecule has 1 aliphatic heterocycles. The van der Waals surface area contributed by atoms with Crippen molar-refractivity contribution in [1.82, 2.24) is 15.6 Å². The lowest BCUT2D eigenvalue weighted by atomic mass is 10.2. The molecule has 0 bridgehead atoms. The number of alkyl halides is 2. The van der Waals surface area contributed by atoms with E-state index in [1.165, 1.54) is 0 Å². The lowest BCUT2D eigenvalue weighted by molar-refractivity contribution is -0.0495. The number of aryl methyl sites for hydroxylation is 1. The predicted molar refractivity (Wildman–Crippen MR) is 111 cm³/mol. The molecule has 1 unspecified atom stereocenters. The van der Waals surface area contributed by atoms with Crippen LogP contribution in [0.15, 0.2) is 47.5 Å². The van der Waals surface area contributed by atoms with E-state index in [1.54, 1.807) is 12.1 Å². The summed E-state index contributed by atoms with van der Waals surface area (Å²) >= 11 is 0. The Morgan fingerprint density at radius 1 is 1.28 bits per heavy atom. The standard InChI is InChI=1S/C21H27F2N5O/c1-3-24-21(25-13-16-8-6-7-15(2)26-16)27-17-11-12-28(14-17)18-9-4-5-10-19(18)29-20(22)23/h4-10,17,20H,3,11-14H2,1-2H3,(H2,24,25,27). The van der Waals surface area contributed by atoms with Gasteiger partial charge in [0.1, 0.15) is 5.75 Å². The van der Waals surface area contributed by atoms with Crippen LogP contribution in [0.25, 0.3) is 0 Å². The minimum atomic E-state index is -2.84. The maximum atomic E-state index is 12.7. The van der Waals surface area contributed by atoms with Crippen molar-refractivity contribution in [3.8, 4) is 5.75 Å². The smallest absolute Gasteiger partial charge is 0.387 e. The van der Waals surface area contributed by atoms with Gasteiger partial charge >= 0.3 is 6.61 Å². The van der Waals surface area contributed by atoms with Crippen molar-refractivity contribution in [3.05, 3.63) is 53.9 Å². The number of nitrogens with one attached hydrogen (secondary N) is 2. The first-order valence-electron chi connectivity index (χ1n) is 9.81. The third-order valence-electron chi connectivity index (χ3n) is 4.64. The van der Waals surface area contributed by atoms with Crippen LogP contribution in [-0.4, -0.2) is 43.2 Å². The number of guanidine groups is 1. The summed E-state index contributed by atoms with van der Waals surface area (Å²) in [6, 6.07) is 12.9. The van der Waals surface area contributed by atoms with Gasteiger partial charge in [-0.15, -0.1) is 0 Å². The van der Waals surface area contributed by atoms with Crippen LogP contribution in [0.2, 0.25) is 0 Å². The van der Waals surface area contributed by atoms with Crippen LogP contribution in [0.4, 0.5) is 14.5 Å². The van der Waals surface area contributed by atoms with Crippen molar-refractivity contribution in [2.75, 3.05) is 24.5 Å². The second-order valence-electron chi connectivity index (χ2n) is 6.89. The van der Waals surface area contributed by atoms with Gasteiger partial charge in [0.15, 0.2) is 5.96 Å². The SMILES string of the molecule is CCNC(=NCc1cccc(C)n1)NC1CCN(c2ccccc2OC(F)F)C1. The van der Waals surface area contributed by atoms with Gasteiger partial charge in [0.2, 0.25) is 0 Å². The molecule has 0 spiro atoms. The highest BCUT2D eigenvalue weighted by Crippen LogP contribution is 2.31. The van der Waals surface area contributed by atoms with E-state index in [4.69, 9.17) is 0 Å². The zero-order valence-electron chi connectivity index (χ0n) is 16.7. The Balaban J connectivity index is 1.63. The van der Waals surface area contributed by atoms with Crippen molar-refractivity contribution in [2.24, 2.45) is 4.99 Å². The summed E-state index contributed by atoms with van der Waals surface area (Å²) in [6.07, 6.45) is 0.871. The first-order chi connectivity index (χ1) is 14.0. The summed E-state index contributed by atoms with van der Waals surface area (Å²) in [6.45, 7) is 3.79. The molecule has 0 aliphatic carbocycles. The van der Waals surface area contributed by atoms with Gasteiger partial charge in [-0.1, -0.05) is 18.2 Å². The fourth-order valence-electron chi connectivity index (χ4n) is 3.37. The van der Waals surface area contributed by atoms with Crippen LogP contribution in [-0.2, 0) is 6.54 Å². The summed E-state index contributed by atoms with van der Waals surface area (Å²) < 4.78 is 30.0. The Labute approximate surface area is 170 Å². The predicted octanol–water partition coefficient (Wildman–Crippen LogP) is 3.33. The third kappa shape index (κ3) is 6.04. The number of aromatic nitrogens is 1. The lowest BCUT2D eigenvalue weighted by Crippen LogP contribution is -2.44. The fraction of sp³-hybridized carbons (Fsp3) is 0.429. The van der Waals surface area contributed by atoms with Gasteiger partial charge in [-0.2, -0.15) is 8.78 Å². The fourth-order valence-corrected chi connectivity index (χ4v) is 3.37. The Hall–Kier alpha value is -2.90. The molecule has 156 valence electrons. The molecule has 8 heteroatoms. The topological polar surface area (TPSA) is 61.8 Å². The highest BCUT2D eigenvalue weighted by Gasteiger charge is 2.26. The monoisotopic (exact) mass is 403 g/mol. The highest BCUT2D eigenvalue weighted by atomic mass is 19.3. The Kier molecular flexibility index (Phi) is 7.21. The van der Waals surface area contributed by atoms with Gasteiger partial charge in [-0.05, 0) is 44.5 Å². The van der Waals surface area contributed by atoms with Gasteiger partial charge in [0, 0.05) is 31.4 Å². The van der Waals surface area contributed by atoms with Gasteiger partial charge in [0.05, 0.1) is 17.9 Å². The molecule has 1 fully saturated rings. The van der Waals surface area contributed by atoms with Gasteiger partial charge in [-0.25, -0.2) is 4.99 Å². The molecular weight excluding hydrogens is 376 g/mol. The molecule has 0 saturated carbocycles. The molecule has 1 saturated heterocycles. The van der Waals surface area contributed by atoms with Crippen molar-refractivity contribution in [2.45, 2.75) is 39.5 Å². The van der Waals surface area contributed by atoms with Gasteiger partial charge < -0.3 is 20.3 Å². The average Bonchev–Trinajstić information content (AvgIpc) is 3.15. The second kappa shape index (κ2) is 10.0. The Bertz CT molecular complexity index is 830. The number of rotatable bonds is 7. The summed E-state index contributed by atoms with van der Waals surface area (Å²) in [5.74, 6) is 0.925. The van der Waals surface area contributed by atoms with Crippen molar-refractivity contribution >= 4 is 11.6 Å². The van der Waals surface area contributed by atoms with E-state index in [0.717, 1.165) is 36.9 Å². The van der Waals surface area contributed by atoms with Gasteiger partial charge in [0.25, 0.3) is 0 Å². The molecule has 2 aromatic rings. The number of hydrogen-bond donors (Lipinski definition) is 2. The molecular formula is C21H27F2N5O. The van der Waals surface area contributed by atoms with Crippen molar-refractivity contribution < 1.29 is 13.5 Å². The first kappa shape index (κ1) is 20.8. The molecule has 3 rings (SSSR count). The molecule has 2 heterocycles. The molecule has 1 atom stereocenters. The molecule has 1 aromatic carbocycles. The molecule has 2 N–H and O–H groups in total. The van der Waals surface area contributed by atoms with E-state index in [-0.39, 0.29) is 11.8 Å². The van der Waals surface area contributed by atoms with E-state index in [1.807, 2.05) is 44.2 Å². The molecule has 0 radical (unpaired) electrons. The third-order valence-corrected chi connectivity index (χ3v) is 4.64. The number of hydrogen-bond acceptors (Lipinski definition) is 4. The van der Waals surface area contributed by atoms with Crippen molar-refractivity contribution in [1.29, 1.82) is 0 Å². The minimum absolute atomic E-state index is 0.151. The van der Waals surface area contributed by atoms with Crippen LogP contribution < -0.4 is 20.3 Å². The summed E-state index contributed by atoms with van der Waals surface area (Å²) in [7, 11) is 0. The zero-order chi connectivity index (χ0) is 20.6. The molecule has 1 aromatic heterocycles. The lowest BCUT2D eigenvalue weighted by Gasteiger charge is -2.22. The Morgan fingerprint density at radius 2 is 2.10 bits per heavy atom. The normalized spacial score (nSPS) is 16.9. The van der Waals surface area contributed by atoms with E-state index in [0.29, 0.717) is 18.8 Å². The van der Waals surface area contributed by atoms with Crippen molar-refractivity contribution in [3.63, 3.8) is 0 Å². The molecule has 1 aliphatic rings. The van der Waals surface area contributed by atoms with E-state index in [2.05, 4.69) is 30.2 Å². The largest absolute Gasteiger partial charge is 0.433 e. The maximum absolute atomic E-state index is 12.7. The van der Waals surface area contributed by atoms with Crippen LogP contribution in [0.1, 0.15) is 24.7 Å². The molecule has 6 nitrogen and oxygen atoms in total. The van der Waals surface area contributed by atoms with Crippen LogP contribution in [0.3, 0.4) is 0 Å². The van der Waals surface area contributed by atoms with Gasteiger partial charge in [-0.3, -0.25) is 4.98 Å². The summed E-state index contributed by atoms with van der Waals surface area (Å²) in [4.78, 5) is 11.2. The number of benzene rings is 1. The number of aliphatic imine (C=N–C) groups is 1. The number of halogens is 2.